The molecule has 0 amide bonds. The first kappa shape index (κ1) is 12.4. The van der Waals surface area contributed by atoms with E-state index in [4.69, 9.17) is 4.74 Å². The summed E-state index contributed by atoms with van der Waals surface area (Å²) in [5.74, 6) is 0. The van der Waals surface area contributed by atoms with Crippen LogP contribution in [0.2, 0.25) is 0 Å². The van der Waals surface area contributed by atoms with Crippen molar-refractivity contribution in [3.05, 3.63) is 16.3 Å². The van der Waals surface area contributed by atoms with Gasteiger partial charge in [0.25, 0.3) is 0 Å². The molecular weight excluding hydrogens is 210 g/mol. The van der Waals surface area contributed by atoms with Crippen LogP contribution in [0.3, 0.4) is 0 Å². The minimum Gasteiger partial charge on any atom is -0.442 e. The molecule has 1 rings (SSSR count). The summed E-state index contributed by atoms with van der Waals surface area (Å²) in [5, 5.41) is 6.74. The molecule has 0 spiro atoms. The van der Waals surface area contributed by atoms with Crippen LogP contribution in [0.5, 0.6) is 0 Å². The minimum absolute atomic E-state index is 0.186. The molecule has 16 heavy (non-hydrogen) atoms. The molecular formula is C10H15N3O3. The second kappa shape index (κ2) is 4.03. The molecule has 0 unspecified atom stereocenters. The lowest BCUT2D eigenvalue weighted by Gasteiger charge is -2.19. The van der Waals surface area contributed by atoms with Crippen LogP contribution in [0.4, 0.5) is 10.5 Å². The van der Waals surface area contributed by atoms with Gasteiger partial charge >= 0.3 is 6.09 Å². The minimum atomic E-state index is -0.608. The van der Waals surface area contributed by atoms with Crippen molar-refractivity contribution in [3.63, 3.8) is 0 Å². The quantitative estimate of drug-likeness (QED) is 0.688. The Kier molecular flexibility index (Phi) is 3.11. The molecule has 1 aromatic rings. The van der Waals surface area contributed by atoms with Gasteiger partial charge in [0.15, 0.2) is 5.69 Å². The first-order chi connectivity index (χ1) is 7.26. The fraction of sp³-hybridized carbons (Fsp3) is 0.600. The molecule has 0 saturated heterocycles. The number of carbonyl (C=O) groups is 1. The van der Waals surface area contributed by atoms with E-state index in [-0.39, 0.29) is 5.69 Å². The third kappa shape index (κ3) is 2.44. The lowest BCUT2D eigenvalue weighted by Crippen LogP contribution is -2.28. The predicted octanol–water partition coefficient (Wildman–Crippen LogP) is 2.68. The standard InChI is InChI=1S/C10H15N3O3/c1-6-8(12-15)7(2)13(11-6)9(14)16-10(3,4)5/h1-5H3. The molecule has 0 aliphatic rings. The highest BCUT2D eigenvalue weighted by Crippen LogP contribution is 2.23. The van der Waals surface area contributed by atoms with Crippen LogP contribution in [0.1, 0.15) is 32.2 Å². The molecule has 0 aliphatic heterocycles. The highest BCUT2D eigenvalue weighted by atomic mass is 16.6. The van der Waals surface area contributed by atoms with E-state index in [2.05, 4.69) is 10.3 Å². The molecule has 6 heteroatoms. The first-order valence-corrected chi connectivity index (χ1v) is 4.89. The molecule has 0 N–H and O–H groups in total. The Labute approximate surface area is 93.6 Å². The molecule has 0 saturated carbocycles. The average molecular weight is 225 g/mol. The summed E-state index contributed by atoms with van der Waals surface area (Å²) in [7, 11) is 0. The van der Waals surface area contributed by atoms with Crippen molar-refractivity contribution in [2.75, 3.05) is 0 Å². The summed E-state index contributed by atoms with van der Waals surface area (Å²) < 4.78 is 6.19. The number of hydrogen-bond acceptors (Lipinski definition) is 5. The Bertz CT molecular complexity index is 429. The van der Waals surface area contributed by atoms with E-state index < -0.39 is 11.7 Å². The lowest BCUT2D eigenvalue weighted by atomic mass is 10.2. The number of carbonyl (C=O) groups excluding carboxylic acids is 1. The lowest BCUT2D eigenvalue weighted by molar-refractivity contribution is 0.0510. The van der Waals surface area contributed by atoms with Gasteiger partial charge in [0.05, 0.1) is 11.4 Å². The Hall–Kier alpha value is -1.72. The fourth-order valence-corrected chi connectivity index (χ4v) is 1.25. The zero-order chi connectivity index (χ0) is 12.5. The van der Waals surface area contributed by atoms with Crippen LogP contribution < -0.4 is 0 Å². The van der Waals surface area contributed by atoms with E-state index >= 15 is 0 Å². The van der Waals surface area contributed by atoms with E-state index in [1.165, 1.54) is 0 Å². The zero-order valence-corrected chi connectivity index (χ0v) is 10.1. The fourth-order valence-electron chi connectivity index (χ4n) is 1.25. The SMILES string of the molecule is Cc1nn(C(=O)OC(C)(C)C)c(C)c1N=O. The number of aryl methyl sites for hydroxylation is 1. The van der Waals surface area contributed by atoms with Gasteiger partial charge in [-0.25, -0.2) is 4.79 Å². The summed E-state index contributed by atoms with van der Waals surface area (Å²) in [6, 6.07) is 0. The average Bonchev–Trinajstić information content (AvgIpc) is 2.38. The molecule has 6 nitrogen and oxygen atoms in total. The smallest absolute Gasteiger partial charge is 0.435 e. The van der Waals surface area contributed by atoms with E-state index in [1.54, 1.807) is 34.6 Å². The maximum absolute atomic E-state index is 11.7. The van der Waals surface area contributed by atoms with E-state index in [0.717, 1.165) is 4.68 Å². The van der Waals surface area contributed by atoms with Gasteiger partial charge in [-0.3, -0.25) is 0 Å². The summed E-state index contributed by atoms with van der Waals surface area (Å²) in [5.41, 5.74) is 0.393. The maximum atomic E-state index is 11.7. The monoisotopic (exact) mass is 225 g/mol. The molecule has 0 bridgehead atoms. The second-order valence-corrected chi connectivity index (χ2v) is 4.50. The van der Waals surface area contributed by atoms with Crippen molar-refractivity contribution in [2.45, 2.75) is 40.2 Å². The number of nitrogens with zero attached hydrogens (tertiary/aromatic N) is 3. The van der Waals surface area contributed by atoms with Crippen LogP contribution in [-0.4, -0.2) is 21.5 Å². The highest BCUT2D eigenvalue weighted by Gasteiger charge is 2.22. The predicted molar refractivity (Wildman–Crippen MR) is 58.8 cm³/mol. The largest absolute Gasteiger partial charge is 0.442 e. The van der Waals surface area contributed by atoms with Gasteiger partial charge in [-0.2, -0.15) is 9.78 Å². The van der Waals surface area contributed by atoms with Crippen LogP contribution in [0.15, 0.2) is 5.18 Å². The molecule has 0 aromatic carbocycles. The summed E-state index contributed by atoms with van der Waals surface area (Å²) in [6.45, 7) is 8.49. The van der Waals surface area contributed by atoms with Gasteiger partial charge in [0.1, 0.15) is 5.60 Å². The van der Waals surface area contributed by atoms with Crippen molar-refractivity contribution in [1.82, 2.24) is 9.78 Å². The number of aromatic nitrogens is 2. The first-order valence-electron chi connectivity index (χ1n) is 4.89. The van der Waals surface area contributed by atoms with Gasteiger partial charge in [-0.05, 0) is 39.8 Å². The molecule has 0 radical (unpaired) electrons. The van der Waals surface area contributed by atoms with Gasteiger partial charge in [-0.15, -0.1) is 4.91 Å². The van der Waals surface area contributed by atoms with Crippen LogP contribution in [0, 0.1) is 18.8 Å². The van der Waals surface area contributed by atoms with Gasteiger partial charge in [0.2, 0.25) is 0 Å². The Balaban J connectivity index is 3.06. The number of hydrogen-bond donors (Lipinski definition) is 0. The number of rotatable bonds is 1. The van der Waals surface area contributed by atoms with Gasteiger partial charge in [-0.1, -0.05) is 0 Å². The molecule has 0 fully saturated rings. The third-order valence-electron chi connectivity index (χ3n) is 1.91. The molecule has 1 aromatic heterocycles. The van der Waals surface area contributed by atoms with E-state index in [0.29, 0.717) is 11.4 Å². The van der Waals surface area contributed by atoms with Crippen molar-refractivity contribution in [2.24, 2.45) is 5.18 Å². The van der Waals surface area contributed by atoms with E-state index in [9.17, 15) is 9.70 Å². The van der Waals surface area contributed by atoms with Crippen LogP contribution >= 0.6 is 0 Å². The molecule has 0 atom stereocenters. The molecule has 1 heterocycles. The van der Waals surface area contributed by atoms with Crippen molar-refractivity contribution in [3.8, 4) is 0 Å². The van der Waals surface area contributed by atoms with Crippen molar-refractivity contribution >= 4 is 11.8 Å². The Morgan fingerprint density at radius 1 is 1.38 bits per heavy atom. The molecule has 88 valence electrons. The van der Waals surface area contributed by atoms with Crippen molar-refractivity contribution < 1.29 is 9.53 Å². The van der Waals surface area contributed by atoms with Crippen LogP contribution in [-0.2, 0) is 4.74 Å². The van der Waals surface area contributed by atoms with Gasteiger partial charge < -0.3 is 4.74 Å². The number of nitroso groups, excluding NO2 is 1. The topological polar surface area (TPSA) is 73.6 Å². The van der Waals surface area contributed by atoms with Crippen molar-refractivity contribution in [1.29, 1.82) is 0 Å². The summed E-state index contributed by atoms with van der Waals surface area (Å²) >= 11 is 0. The zero-order valence-electron chi connectivity index (χ0n) is 10.1. The van der Waals surface area contributed by atoms with Crippen LogP contribution in [0.25, 0.3) is 0 Å². The highest BCUT2D eigenvalue weighted by molar-refractivity contribution is 5.73. The maximum Gasteiger partial charge on any atom is 0.435 e. The Morgan fingerprint density at radius 3 is 2.31 bits per heavy atom. The Morgan fingerprint density at radius 2 is 1.94 bits per heavy atom. The summed E-state index contributed by atoms with van der Waals surface area (Å²) in [6.07, 6.45) is -0.608. The second-order valence-electron chi connectivity index (χ2n) is 4.50. The third-order valence-corrected chi connectivity index (χ3v) is 1.91. The molecule has 0 aliphatic carbocycles. The normalized spacial score (nSPS) is 11.3. The van der Waals surface area contributed by atoms with E-state index in [1.807, 2.05) is 0 Å². The van der Waals surface area contributed by atoms with Gasteiger partial charge in [0, 0.05) is 0 Å². The number of ether oxygens (including phenoxy) is 1. The summed E-state index contributed by atoms with van der Waals surface area (Å²) in [4.78, 5) is 22.2.